The highest BCUT2D eigenvalue weighted by Gasteiger charge is 2.17. The van der Waals surface area contributed by atoms with Gasteiger partial charge in [-0.1, -0.05) is 51.6 Å². The molecule has 0 saturated carbocycles. The first-order chi connectivity index (χ1) is 11.9. The van der Waals surface area contributed by atoms with Crippen LogP contribution in [0.2, 0.25) is 0 Å². The molecule has 2 aromatic carbocycles. The number of hydrogen-bond donors (Lipinski definition) is 1. The van der Waals surface area contributed by atoms with Gasteiger partial charge in [-0.25, -0.2) is 9.13 Å². The lowest BCUT2D eigenvalue weighted by Crippen LogP contribution is -2.39. The fourth-order valence-corrected chi connectivity index (χ4v) is 2.88. The Morgan fingerprint density at radius 3 is 2.48 bits per heavy atom. The molecule has 0 fully saturated rings. The van der Waals surface area contributed by atoms with Gasteiger partial charge in [-0.3, -0.25) is 4.79 Å². The lowest BCUT2D eigenvalue weighted by atomic mass is 9.87. The highest BCUT2D eigenvalue weighted by Crippen LogP contribution is 2.23. The molecule has 0 aliphatic rings. The van der Waals surface area contributed by atoms with Crippen LogP contribution >= 0.6 is 0 Å². The number of imidazole rings is 1. The molecule has 0 saturated heterocycles. The first-order valence-corrected chi connectivity index (χ1v) is 8.40. The van der Waals surface area contributed by atoms with E-state index in [1.165, 1.54) is 5.56 Å². The van der Waals surface area contributed by atoms with Gasteiger partial charge in [0.25, 0.3) is 5.91 Å². The standard InChI is InChI=1S/C21H23N3O/c1-5-23-15-24(19-9-7-6-8-18(19)23)14-20(25)22-17-12-10-16(11-13-17)21(2,3)4/h5-13,15H,1,14H2,2-4H3/p+1. The lowest BCUT2D eigenvalue weighted by molar-refractivity contribution is -0.658. The molecule has 0 atom stereocenters. The number of anilines is 1. The Morgan fingerprint density at radius 2 is 1.84 bits per heavy atom. The van der Waals surface area contributed by atoms with E-state index in [4.69, 9.17) is 0 Å². The van der Waals surface area contributed by atoms with Gasteiger partial charge < -0.3 is 5.32 Å². The quantitative estimate of drug-likeness (QED) is 0.721. The second-order valence-corrected chi connectivity index (χ2v) is 7.20. The number of fused-ring (bicyclic) bond motifs is 1. The van der Waals surface area contributed by atoms with Crippen molar-refractivity contribution in [3.8, 4) is 0 Å². The van der Waals surface area contributed by atoms with Gasteiger partial charge in [0.2, 0.25) is 6.33 Å². The van der Waals surface area contributed by atoms with Crippen LogP contribution in [-0.4, -0.2) is 10.5 Å². The zero-order chi connectivity index (χ0) is 18.0. The molecule has 1 amide bonds. The van der Waals surface area contributed by atoms with Crippen LogP contribution in [0, 0.1) is 0 Å². The number of rotatable bonds is 4. The summed E-state index contributed by atoms with van der Waals surface area (Å²) in [6.07, 6.45) is 3.63. The minimum absolute atomic E-state index is 0.0551. The minimum Gasteiger partial charge on any atom is -0.323 e. The number of carbonyl (C=O) groups is 1. The van der Waals surface area contributed by atoms with Crippen molar-refractivity contribution in [1.29, 1.82) is 0 Å². The molecule has 128 valence electrons. The number of hydrogen-bond acceptors (Lipinski definition) is 1. The molecule has 3 rings (SSSR count). The van der Waals surface area contributed by atoms with Crippen molar-refractivity contribution < 1.29 is 9.36 Å². The number of carbonyl (C=O) groups excluding carboxylic acids is 1. The maximum absolute atomic E-state index is 12.4. The minimum atomic E-state index is -0.0551. The SMILES string of the molecule is C=Cn1c[n+](CC(=O)Nc2ccc(C(C)(C)C)cc2)c2ccccc21. The fraction of sp³-hybridized carbons (Fsp3) is 0.238. The maximum atomic E-state index is 12.4. The lowest BCUT2D eigenvalue weighted by Gasteiger charge is -2.19. The summed E-state index contributed by atoms with van der Waals surface area (Å²) in [5, 5.41) is 2.97. The molecule has 3 aromatic rings. The van der Waals surface area contributed by atoms with E-state index in [2.05, 4.69) is 44.8 Å². The van der Waals surface area contributed by atoms with Gasteiger partial charge >= 0.3 is 0 Å². The smallest absolute Gasteiger partial charge is 0.266 e. The first kappa shape index (κ1) is 17.0. The Balaban J connectivity index is 1.76. The Labute approximate surface area is 148 Å². The molecule has 0 radical (unpaired) electrons. The molecule has 1 aromatic heterocycles. The first-order valence-electron chi connectivity index (χ1n) is 8.40. The van der Waals surface area contributed by atoms with Gasteiger partial charge in [0.05, 0.1) is 6.20 Å². The summed E-state index contributed by atoms with van der Waals surface area (Å²) in [6, 6.07) is 16.0. The third-order valence-electron chi connectivity index (χ3n) is 4.28. The summed E-state index contributed by atoms with van der Waals surface area (Å²) >= 11 is 0. The Kier molecular flexibility index (Phi) is 4.45. The molecule has 0 aliphatic heterocycles. The summed E-state index contributed by atoms with van der Waals surface area (Å²) in [6.45, 7) is 10.6. The average molecular weight is 334 g/mol. The van der Waals surface area contributed by atoms with Crippen molar-refractivity contribution in [3.05, 3.63) is 67.0 Å². The number of nitrogens with one attached hydrogen (secondary N) is 1. The van der Waals surface area contributed by atoms with Crippen LogP contribution < -0.4 is 9.88 Å². The molecule has 1 heterocycles. The topological polar surface area (TPSA) is 37.9 Å². The second-order valence-electron chi connectivity index (χ2n) is 7.20. The van der Waals surface area contributed by atoms with Gasteiger partial charge in [-0.15, -0.1) is 0 Å². The molecule has 0 bridgehead atoms. The maximum Gasteiger partial charge on any atom is 0.266 e. The second kappa shape index (κ2) is 6.55. The molecular formula is C21H24N3O+. The summed E-state index contributed by atoms with van der Waals surface area (Å²) in [4.78, 5) is 12.4. The average Bonchev–Trinajstić information content (AvgIpc) is 2.92. The van der Waals surface area contributed by atoms with Crippen molar-refractivity contribution in [2.45, 2.75) is 32.7 Å². The normalized spacial score (nSPS) is 11.5. The summed E-state index contributed by atoms with van der Waals surface area (Å²) in [5.41, 5.74) is 4.19. The summed E-state index contributed by atoms with van der Waals surface area (Å²) < 4.78 is 3.84. The Bertz CT molecular complexity index is 914. The van der Waals surface area contributed by atoms with E-state index < -0.39 is 0 Å². The molecule has 0 spiro atoms. The molecule has 0 unspecified atom stereocenters. The highest BCUT2D eigenvalue weighted by atomic mass is 16.1. The predicted octanol–water partition coefficient (Wildman–Crippen LogP) is 3.97. The van der Waals surface area contributed by atoms with E-state index in [9.17, 15) is 4.79 Å². The van der Waals surface area contributed by atoms with E-state index in [0.717, 1.165) is 16.7 Å². The zero-order valence-electron chi connectivity index (χ0n) is 15.0. The molecule has 0 aliphatic carbocycles. The van der Waals surface area contributed by atoms with Gasteiger partial charge in [0.15, 0.2) is 17.6 Å². The molecule has 4 heteroatoms. The van der Waals surface area contributed by atoms with Crippen LogP contribution in [-0.2, 0) is 16.8 Å². The van der Waals surface area contributed by atoms with Crippen LogP contribution in [0.5, 0.6) is 0 Å². The van der Waals surface area contributed by atoms with Crippen LogP contribution in [0.25, 0.3) is 17.2 Å². The van der Waals surface area contributed by atoms with Crippen molar-refractivity contribution >= 4 is 28.8 Å². The van der Waals surface area contributed by atoms with Crippen LogP contribution in [0.1, 0.15) is 26.3 Å². The number of benzene rings is 2. The number of nitrogens with zero attached hydrogens (tertiary/aromatic N) is 2. The van der Waals surface area contributed by atoms with E-state index in [-0.39, 0.29) is 17.9 Å². The zero-order valence-corrected chi connectivity index (χ0v) is 15.0. The molecule has 1 N–H and O–H groups in total. The van der Waals surface area contributed by atoms with Crippen LogP contribution in [0.4, 0.5) is 5.69 Å². The molecule has 4 nitrogen and oxygen atoms in total. The van der Waals surface area contributed by atoms with Gasteiger partial charge in [0.1, 0.15) is 0 Å². The van der Waals surface area contributed by atoms with Crippen LogP contribution in [0.3, 0.4) is 0 Å². The van der Waals surface area contributed by atoms with E-state index in [0.29, 0.717) is 0 Å². The van der Waals surface area contributed by atoms with Gasteiger partial charge in [-0.2, -0.15) is 0 Å². The van der Waals surface area contributed by atoms with Crippen molar-refractivity contribution in [2.24, 2.45) is 0 Å². The van der Waals surface area contributed by atoms with Gasteiger partial charge in [-0.05, 0) is 35.2 Å². The highest BCUT2D eigenvalue weighted by molar-refractivity contribution is 5.90. The predicted molar refractivity (Wildman–Crippen MR) is 102 cm³/mol. The summed E-state index contributed by atoms with van der Waals surface area (Å²) in [7, 11) is 0. The largest absolute Gasteiger partial charge is 0.323 e. The fourth-order valence-electron chi connectivity index (χ4n) is 2.88. The third-order valence-corrected chi connectivity index (χ3v) is 4.28. The number of amides is 1. The van der Waals surface area contributed by atoms with E-state index in [1.54, 1.807) is 6.20 Å². The van der Waals surface area contributed by atoms with Gasteiger partial charge in [0, 0.05) is 5.69 Å². The summed E-state index contributed by atoms with van der Waals surface area (Å²) in [5.74, 6) is -0.0551. The molecule has 25 heavy (non-hydrogen) atoms. The van der Waals surface area contributed by atoms with E-state index >= 15 is 0 Å². The van der Waals surface area contributed by atoms with E-state index in [1.807, 2.05) is 51.9 Å². The number of para-hydroxylation sites is 2. The van der Waals surface area contributed by atoms with Crippen molar-refractivity contribution in [3.63, 3.8) is 0 Å². The third kappa shape index (κ3) is 3.63. The van der Waals surface area contributed by atoms with Crippen LogP contribution in [0.15, 0.2) is 61.4 Å². The molecular weight excluding hydrogens is 310 g/mol. The monoisotopic (exact) mass is 334 g/mol. The Morgan fingerprint density at radius 1 is 1.16 bits per heavy atom. The van der Waals surface area contributed by atoms with Crippen molar-refractivity contribution in [1.82, 2.24) is 4.57 Å². The number of aromatic nitrogens is 2. The Hall–Kier alpha value is -2.88. The van der Waals surface area contributed by atoms with Crippen molar-refractivity contribution in [2.75, 3.05) is 5.32 Å².